The number of carboxylic acids is 1. The second-order valence-electron chi connectivity index (χ2n) is 4.52. The number of hydrogen-bond acceptors (Lipinski definition) is 3. The second kappa shape index (κ2) is 6.10. The molecule has 1 saturated heterocycles. The maximum atomic E-state index is 12.3. The van der Waals surface area contributed by atoms with Crippen molar-refractivity contribution in [3.63, 3.8) is 0 Å². The first-order valence-corrected chi connectivity index (χ1v) is 7.30. The van der Waals surface area contributed by atoms with Crippen LogP contribution in [0.2, 0.25) is 0 Å². The van der Waals surface area contributed by atoms with Gasteiger partial charge < -0.3 is 10.0 Å². The quantitative estimate of drug-likeness (QED) is 0.899. The molecule has 1 aromatic carbocycles. The molecule has 2 rings (SSSR count). The number of nitrogens with zero attached hydrogens (tertiary/aromatic N) is 1. The number of hydrogen-bond donors (Lipinski definition) is 1. The average Bonchev–Trinajstić information content (AvgIpc) is 2.69. The molecule has 1 aromatic rings. The van der Waals surface area contributed by atoms with Crippen molar-refractivity contribution >= 4 is 23.6 Å². The van der Waals surface area contributed by atoms with E-state index in [-0.39, 0.29) is 17.7 Å². The van der Waals surface area contributed by atoms with Crippen LogP contribution in [0.4, 0.5) is 0 Å². The van der Waals surface area contributed by atoms with Crippen LogP contribution >= 0.6 is 11.8 Å². The van der Waals surface area contributed by atoms with Gasteiger partial charge in [-0.3, -0.25) is 9.59 Å². The molecule has 1 amide bonds. The molecule has 2 unspecified atom stereocenters. The van der Waals surface area contributed by atoms with Crippen LogP contribution in [0.5, 0.6) is 0 Å². The number of carboxylic acid groups (broad SMARTS) is 1. The summed E-state index contributed by atoms with van der Waals surface area (Å²) in [5.41, 5.74) is 1.06. The van der Waals surface area contributed by atoms with E-state index in [4.69, 9.17) is 5.11 Å². The fourth-order valence-corrected chi connectivity index (χ4v) is 3.70. The van der Waals surface area contributed by atoms with E-state index in [0.29, 0.717) is 6.54 Å². The summed E-state index contributed by atoms with van der Waals surface area (Å²) < 4.78 is 0. The van der Waals surface area contributed by atoms with Crippen molar-refractivity contribution in [2.24, 2.45) is 0 Å². The lowest BCUT2D eigenvalue weighted by molar-refractivity contribution is -0.140. The molecule has 1 aliphatic heterocycles. The van der Waals surface area contributed by atoms with Gasteiger partial charge in [0, 0.05) is 6.54 Å². The number of aliphatic carboxylic acids is 1. The van der Waals surface area contributed by atoms with Crippen LogP contribution in [0.1, 0.15) is 30.7 Å². The molecule has 0 radical (unpaired) electrons. The van der Waals surface area contributed by atoms with Gasteiger partial charge in [-0.15, -0.1) is 11.8 Å². The van der Waals surface area contributed by atoms with E-state index in [0.717, 1.165) is 12.0 Å². The largest absolute Gasteiger partial charge is 0.481 e. The molecule has 19 heavy (non-hydrogen) atoms. The van der Waals surface area contributed by atoms with Gasteiger partial charge in [0.1, 0.15) is 5.37 Å². The SMILES string of the molecule is CCCN1C(=O)C(CC(=O)O)SC1c1ccccc1. The van der Waals surface area contributed by atoms with Gasteiger partial charge in [0.2, 0.25) is 5.91 Å². The summed E-state index contributed by atoms with van der Waals surface area (Å²) in [6.45, 7) is 2.69. The second-order valence-corrected chi connectivity index (χ2v) is 5.80. The molecule has 5 heteroatoms. The maximum absolute atomic E-state index is 12.3. The van der Waals surface area contributed by atoms with Crippen molar-refractivity contribution < 1.29 is 14.7 Å². The fraction of sp³-hybridized carbons (Fsp3) is 0.429. The molecule has 4 nitrogen and oxygen atoms in total. The first-order chi connectivity index (χ1) is 9.13. The maximum Gasteiger partial charge on any atom is 0.305 e. The van der Waals surface area contributed by atoms with E-state index in [2.05, 4.69) is 0 Å². The third-order valence-electron chi connectivity index (χ3n) is 3.04. The van der Waals surface area contributed by atoms with Crippen LogP contribution in [0.3, 0.4) is 0 Å². The molecule has 102 valence electrons. The number of rotatable bonds is 5. The summed E-state index contributed by atoms with van der Waals surface area (Å²) in [7, 11) is 0. The van der Waals surface area contributed by atoms with Crippen LogP contribution in [0, 0.1) is 0 Å². The Morgan fingerprint density at radius 2 is 2.05 bits per heavy atom. The molecule has 1 aliphatic rings. The predicted octanol–water partition coefficient (Wildman–Crippen LogP) is 2.51. The van der Waals surface area contributed by atoms with Gasteiger partial charge in [-0.05, 0) is 12.0 Å². The summed E-state index contributed by atoms with van der Waals surface area (Å²) in [6.07, 6.45) is 0.766. The molecular formula is C14H17NO3S. The van der Waals surface area contributed by atoms with Gasteiger partial charge in [0.25, 0.3) is 0 Å². The molecule has 0 aliphatic carbocycles. The van der Waals surface area contributed by atoms with Gasteiger partial charge in [-0.2, -0.15) is 0 Å². The van der Waals surface area contributed by atoms with Gasteiger partial charge in [0.15, 0.2) is 0 Å². The van der Waals surface area contributed by atoms with Crippen LogP contribution in [0.25, 0.3) is 0 Å². The highest BCUT2D eigenvalue weighted by Gasteiger charge is 2.41. The van der Waals surface area contributed by atoms with Crippen molar-refractivity contribution in [1.82, 2.24) is 4.90 Å². The Kier molecular flexibility index (Phi) is 4.47. The Morgan fingerprint density at radius 1 is 1.37 bits per heavy atom. The van der Waals surface area contributed by atoms with Gasteiger partial charge in [-0.1, -0.05) is 37.3 Å². The Balaban J connectivity index is 2.21. The molecule has 1 heterocycles. The number of carbonyl (C=O) groups is 2. The van der Waals surface area contributed by atoms with Gasteiger partial charge in [0.05, 0.1) is 11.7 Å². The van der Waals surface area contributed by atoms with E-state index < -0.39 is 11.2 Å². The summed E-state index contributed by atoms with van der Waals surface area (Å²) in [5.74, 6) is -0.973. The molecule has 0 aromatic heterocycles. The van der Waals surface area contributed by atoms with E-state index in [1.54, 1.807) is 4.90 Å². The molecule has 1 N–H and O–H groups in total. The van der Waals surface area contributed by atoms with Gasteiger partial charge in [-0.25, -0.2) is 0 Å². The van der Waals surface area contributed by atoms with Crippen LogP contribution in [0.15, 0.2) is 30.3 Å². The van der Waals surface area contributed by atoms with Crippen molar-refractivity contribution in [2.75, 3.05) is 6.54 Å². The zero-order valence-corrected chi connectivity index (χ0v) is 11.6. The van der Waals surface area contributed by atoms with E-state index in [1.165, 1.54) is 11.8 Å². The van der Waals surface area contributed by atoms with Crippen LogP contribution in [-0.4, -0.2) is 33.7 Å². The monoisotopic (exact) mass is 279 g/mol. The molecular weight excluding hydrogens is 262 g/mol. The molecule has 0 bridgehead atoms. The number of carbonyl (C=O) groups excluding carboxylic acids is 1. The minimum Gasteiger partial charge on any atom is -0.481 e. The zero-order chi connectivity index (χ0) is 13.8. The van der Waals surface area contributed by atoms with Crippen LogP contribution < -0.4 is 0 Å². The molecule has 1 fully saturated rings. The smallest absolute Gasteiger partial charge is 0.305 e. The lowest BCUT2D eigenvalue weighted by atomic mass is 10.2. The molecule has 0 spiro atoms. The highest BCUT2D eigenvalue weighted by atomic mass is 32.2. The Labute approximate surface area is 116 Å². The normalized spacial score (nSPS) is 22.8. The lowest BCUT2D eigenvalue weighted by Crippen LogP contribution is -2.32. The lowest BCUT2D eigenvalue weighted by Gasteiger charge is -2.23. The van der Waals surface area contributed by atoms with E-state index in [1.807, 2.05) is 37.3 Å². The summed E-state index contributed by atoms with van der Waals surface area (Å²) in [6, 6.07) is 9.78. The standard InChI is InChI=1S/C14H17NO3S/c1-2-8-15-13(18)11(9-12(16)17)19-14(15)10-6-4-3-5-7-10/h3-7,11,14H,2,8-9H2,1H3,(H,16,17). The highest BCUT2D eigenvalue weighted by molar-refractivity contribution is 8.01. The van der Waals surface area contributed by atoms with E-state index in [9.17, 15) is 9.59 Å². The Hall–Kier alpha value is -1.49. The fourth-order valence-electron chi connectivity index (χ4n) is 2.23. The first kappa shape index (κ1) is 13.9. The average molecular weight is 279 g/mol. The third kappa shape index (κ3) is 3.10. The number of amides is 1. The van der Waals surface area contributed by atoms with Crippen molar-refractivity contribution in [3.8, 4) is 0 Å². The topological polar surface area (TPSA) is 57.6 Å². The minimum atomic E-state index is -0.920. The van der Waals surface area contributed by atoms with Gasteiger partial charge >= 0.3 is 5.97 Å². The Morgan fingerprint density at radius 3 is 2.63 bits per heavy atom. The van der Waals surface area contributed by atoms with E-state index >= 15 is 0 Å². The van der Waals surface area contributed by atoms with Crippen LogP contribution in [-0.2, 0) is 9.59 Å². The molecule has 2 atom stereocenters. The third-order valence-corrected chi connectivity index (χ3v) is 4.53. The van der Waals surface area contributed by atoms with Crippen molar-refractivity contribution in [2.45, 2.75) is 30.4 Å². The highest BCUT2D eigenvalue weighted by Crippen LogP contribution is 2.44. The zero-order valence-electron chi connectivity index (χ0n) is 10.8. The van der Waals surface area contributed by atoms with Crippen molar-refractivity contribution in [3.05, 3.63) is 35.9 Å². The molecule has 0 saturated carbocycles. The minimum absolute atomic E-state index is 0.0527. The number of thioether (sulfide) groups is 1. The predicted molar refractivity (Wildman–Crippen MR) is 74.8 cm³/mol. The first-order valence-electron chi connectivity index (χ1n) is 6.36. The number of benzene rings is 1. The Bertz CT molecular complexity index is 463. The summed E-state index contributed by atoms with van der Waals surface area (Å²) in [4.78, 5) is 24.9. The van der Waals surface area contributed by atoms with Crippen molar-refractivity contribution in [1.29, 1.82) is 0 Å². The summed E-state index contributed by atoms with van der Waals surface area (Å²) in [5, 5.41) is 8.36. The summed E-state index contributed by atoms with van der Waals surface area (Å²) >= 11 is 1.44.